The molecule has 0 aliphatic carbocycles. The van der Waals surface area contributed by atoms with Gasteiger partial charge in [-0.1, -0.05) is 24.3 Å². The van der Waals surface area contributed by atoms with Gasteiger partial charge in [0.25, 0.3) is 0 Å². The molecule has 2 rings (SSSR count). The number of aromatic carboxylic acids is 1. The molecule has 0 saturated heterocycles. The molecule has 2 aromatic rings. The van der Waals surface area contributed by atoms with E-state index in [9.17, 15) is 9.59 Å². The predicted molar refractivity (Wildman–Crippen MR) is 69.5 cm³/mol. The van der Waals surface area contributed by atoms with Crippen LogP contribution >= 0.6 is 0 Å². The molecular weight excluding hydrogens is 244 g/mol. The number of carboxylic acid groups (broad SMARTS) is 1. The zero-order valence-electron chi connectivity index (χ0n) is 10.3. The number of hydrogen-bond donors (Lipinski definition) is 1. The number of rotatable bonds is 3. The predicted octanol–water partition coefficient (Wildman–Crippen LogP) is 2.91. The van der Waals surface area contributed by atoms with Crippen molar-refractivity contribution in [3.63, 3.8) is 0 Å². The van der Waals surface area contributed by atoms with Crippen LogP contribution in [0.1, 0.15) is 26.3 Å². The molecule has 0 spiro atoms. The molecule has 0 atom stereocenters. The number of carbonyl (C=O) groups is 2. The van der Waals surface area contributed by atoms with Crippen molar-refractivity contribution in [2.75, 3.05) is 0 Å². The minimum atomic E-state index is -1.16. The van der Waals surface area contributed by atoms with E-state index in [1.54, 1.807) is 30.3 Å². The molecule has 0 aromatic heterocycles. The van der Waals surface area contributed by atoms with Crippen LogP contribution < -0.4 is 4.74 Å². The van der Waals surface area contributed by atoms with Crippen LogP contribution in [0.25, 0.3) is 0 Å². The van der Waals surface area contributed by atoms with Gasteiger partial charge in [0.05, 0.1) is 11.1 Å². The van der Waals surface area contributed by atoms with Gasteiger partial charge in [0.1, 0.15) is 5.75 Å². The SMILES string of the molecule is Cc1cccc(OC(=O)c2ccccc2C(=O)O)c1. The highest BCUT2D eigenvalue weighted by atomic mass is 16.5. The Balaban J connectivity index is 2.28. The Labute approximate surface area is 110 Å². The van der Waals surface area contributed by atoms with Crippen LogP contribution in [0.4, 0.5) is 0 Å². The average Bonchev–Trinajstić information content (AvgIpc) is 2.38. The number of esters is 1. The first-order chi connectivity index (χ1) is 9.08. The van der Waals surface area contributed by atoms with Crippen molar-refractivity contribution < 1.29 is 19.4 Å². The quantitative estimate of drug-likeness (QED) is 0.677. The number of carbonyl (C=O) groups excluding carboxylic acids is 1. The molecule has 4 nitrogen and oxygen atoms in total. The summed E-state index contributed by atoms with van der Waals surface area (Å²) in [5, 5.41) is 9.02. The number of aryl methyl sites for hydroxylation is 1. The molecule has 4 heteroatoms. The third kappa shape index (κ3) is 2.98. The lowest BCUT2D eigenvalue weighted by Crippen LogP contribution is -2.13. The van der Waals surface area contributed by atoms with E-state index in [-0.39, 0.29) is 11.1 Å². The highest BCUT2D eigenvalue weighted by Gasteiger charge is 2.17. The van der Waals surface area contributed by atoms with E-state index in [4.69, 9.17) is 9.84 Å². The molecule has 0 heterocycles. The van der Waals surface area contributed by atoms with Crippen molar-refractivity contribution in [1.29, 1.82) is 0 Å². The molecule has 0 aliphatic rings. The van der Waals surface area contributed by atoms with Crippen molar-refractivity contribution >= 4 is 11.9 Å². The summed E-state index contributed by atoms with van der Waals surface area (Å²) >= 11 is 0. The first-order valence-corrected chi connectivity index (χ1v) is 5.69. The van der Waals surface area contributed by atoms with Crippen LogP contribution in [0.2, 0.25) is 0 Å². The maximum absolute atomic E-state index is 12.0. The number of hydrogen-bond acceptors (Lipinski definition) is 3. The van der Waals surface area contributed by atoms with Crippen LogP contribution in [-0.2, 0) is 0 Å². The van der Waals surface area contributed by atoms with Crippen LogP contribution in [0.5, 0.6) is 5.75 Å². The zero-order chi connectivity index (χ0) is 13.8. The van der Waals surface area contributed by atoms with Crippen LogP contribution in [-0.4, -0.2) is 17.0 Å². The van der Waals surface area contributed by atoms with Gasteiger partial charge in [-0.3, -0.25) is 0 Å². The third-order valence-electron chi connectivity index (χ3n) is 2.58. The monoisotopic (exact) mass is 256 g/mol. The maximum atomic E-state index is 12.0. The molecule has 0 bridgehead atoms. The summed E-state index contributed by atoms with van der Waals surface area (Å²) in [6.07, 6.45) is 0. The van der Waals surface area contributed by atoms with Gasteiger partial charge in [0.2, 0.25) is 0 Å². The standard InChI is InChI=1S/C15H12O4/c1-10-5-4-6-11(9-10)19-15(18)13-8-3-2-7-12(13)14(16)17/h2-9H,1H3,(H,16,17). The van der Waals surface area contributed by atoms with E-state index in [0.29, 0.717) is 5.75 Å². The van der Waals surface area contributed by atoms with E-state index >= 15 is 0 Å². The highest BCUT2D eigenvalue weighted by Crippen LogP contribution is 2.16. The Hall–Kier alpha value is -2.62. The number of ether oxygens (including phenoxy) is 1. The Morgan fingerprint density at radius 2 is 1.68 bits per heavy atom. The summed E-state index contributed by atoms with van der Waals surface area (Å²) in [6, 6.07) is 13.0. The average molecular weight is 256 g/mol. The van der Waals surface area contributed by atoms with Gasteiger partial charge in [0.15, 0.2) is 0 Å². The van der Waals surface area contributed by atoms with E-state index in [2.05, 4.69) is 0 Å². The maximum Gasteiger partial charge on any atom is 0.344 e. The first kappa shape index (κ1) is 12.8. The van der Waals surface area contributed by atoms with Crippen molar-refractivity contribution in [3.8, 4) is 5.75 Å². The molecule has 19 heavy (non-hydrogen) atoms. The largest absolute Gasteiger partial charge is 0.478 e. The van der Waals surface area contributed by atoms with Gasteiger partial charge >= 0.3 is 11.9 Å². The van der Waals surface area contributed by atoms with Crippen LogP contribution in [0.15, 0.2) is 48.5 Å². The molecule has 0 radical (unpaired) electrons. The minimum absolute atomic E-state index is 0.0384. The second-order valence-electron chi connectivity index (χ2n) is 4.06. The molecule has 1 N–H and O–H groups in total. The first-order valence-electron chi connectivity index (χ1n) is 5.69. The summed E-state index contributed by atoms with van der Waals surface area (Å²) < 4.78 is 5.17. The summed E-state index contributed by atoms with van der Waals surface area (Å²) in [4.78, 5) is 23.0. The molecule has 0 fully saturated rings. The van der Waals surface area contributed by atoms with Gasteiger partial charge in [-0.2, -0.15) is 0 Å². The summed E-state index contributed by atoms with van der Waals surface area (Å²) in [7, 11) is 0. The van der Waals surface area contributed by atoms with Gasteiger partial charge in [0, 0.05) is 0 Å². The molecular formula is C15H12O4. The van der Waals surface area contributed by atoms with Gasteiger partial charge < -0.3 is 9.84 Å². The Kier molecular flexibility index (Phi) is 3.61. The molecule has 0 saturated carbocycles. The van der Waals surface area contributed by atoms with Gasteiger partial charge in [-0.25, -0.2) is 9.59 Å². The number of carboxylic acids is 1. The van der Waals surface area contributed by atoms with E-state index in [1.807, 2.05) is 13.0 Å². The molecule has 0 aliphatic heterocycles. The normalized spacial score (nSPS) is 9.95. The molecule has 0 amide bonds. The lowest BCUT2D eigenvalue weighted by Gasteiger charge is -2.07. The number of benzene rings is 2. The van der Waals surface area contributed by atoms with Crippen molar-refractivity contribution in [2.45, 2.75) is 6.92 Å². The lowest BCUT2D eigenvalue weighted by atomic mass is 10.1. The van der Waals surface area contributed by atoms with Crippen molar-refractivity contribution in [1.82, 2.24) is 0 Å². The molecule has 2 aromatic carbocycles. The second kappa shape index (κ2) is 5.35. The van der Waals surface area contributed by atoms with Crippen LogP contribution in [0.3, 0.4) is 0 Å². The van der Waals surface area contributed by atoms with E-state index in [1.165, 1.54) is 12.1 Å². The van der Waals surface area contributed by atoms with E-state index in [0.717, 1.165) is 5.56 Å². The summed E-state index contributed by atoms with van der Waals surface area (Å²) in [5.41, 5.74) is 0.925. The van der Waals surface area contributed by atoms with Gasteiger partial charge in [-0.15, -0.1) is 0 Å². The Bertz CT molecular complexity index is 632. The van der Waals surface area contributed by atoms with Crippen molar-refractivity contribution in [2.24, 2.45) is 0 Å². The topological polar surface area (TPSA) is 63.6 Å². The lowest BCUT2D eigenvalue weighted by molar-refractivity contribution is 0.0668. The minimum Gasteiger partial charge on any atom is -0.478 e. The fourth-order valence-electron chi connectivity index (χ4n) is 1.69. The van der Waals surface area contributed by atoms with Crippen molar-refractivity contribution in [3.05, 3.63) is 65.2 Å². The second-order valence-corrected chi connectivity index (χ2v) is 4.06. The molecule has 0 unspecified atom stereocenters. The fourth-order valence-corrected chi connectivity index (χ4v) is 1.69. The third-order valence-corrected chi connectivity index (χ3v) is 2.58. The Morgan fingerprint density at radius 1 is 1.00 bits per heavy atom. The summed E-state index contributed by atoms with van der Waals surface area (Å²) in [5.74, 6) is -1.44. The summed E-state index contributed by atoms with van der Waals surface area (Å²) in [6.45, 7) is 1.88. The highest BCUT2D eigenvalue weighted by molar-refractivity contribution is 6.03. The Morgan fingerprint density at radius 3 is 2.32 bits per heavy atom. The zero-order valence-corrected chi connectivity index (χ0v) is 10.3. The van der Waals surface area contributed by atoms with E-state index < -0.39 is 11.9 Å². The smallest absolute Gasteiger partial charge is 0.344 e. The molecule has 96 valence electrons. The van der Waals surface area contributed by atoms with Crippen LogP contribution in [0, 0.1) is 6.92 Å². The van der Waals surface area contributed by atoms with Gasteiger partial charge in [-0.05, 0) is 36.8 Å². The fraction of sp³-hybridized carbons (Fsp3) is 0.0667.